The highest BCUT2D eigenvalue weighted by Crippen LogP contribution is 2.26. The van der Waals surface area contributed by atoms with Crippen molar-refractivity contribution in [1.29, 1.82) is 0 Å². The fraction of sp³-hybridized carbons (Fsp3) is 0.278. The maximum Gasteiger partial charge on any atom is 0.255 e. The maximum atomic E-state index is 12.3. The molecule has 0 saturated heterocycles. The molecule has 0 spiro atoms. The Morgan fingerprint density at radius 2 is 1.88 bits per heavy atom. The molecule has 2 aromatic rings. The molecule has 24 heavy (non-hydrogen) atoms. The van der Waals surface area contributed by atoms with Crippen molar-refractivity contribution in [2.24, 2.45) is 0 Å². The van der Waals surface area contributed by atoms with E-state index in [2.05, 4.69) is 21.2 Å². The van der Waals surface area contributed by atoms with E-state index >= 15 is 0 Å². The standard InChI is InChI=1S/C18H20BrNO4/c1-3-23-10-11-24-15-7-5-14(6-8-15)20-18(21)13-4-9-17(22-2)16(19)12-13/h4-9,12H,3,10-11H2,1-2H3,(H,20,21). The summed E-state index contributed by atoms with van der Waals surface area (Å²) in [5.41, 5.74) is 1.24. The van der Waals surface area contributed by atoms with Crippen molar-refractivity contribution in [2.45, 2.75) is 6.92 Å². The Labute approximate surface area is 150 Å². The molecular formula is C18H20BrNO4. The molecule has 0 aliphatic carbocycles. The van der Waals surface area contributed by atoms with Crippen LogP contribution in [0.1, 0.15) is 17.3 Å². The first-order chi connectivity index (χ1) is 11.6. The molecule has 0 bridgehead atoms. The lowest BCUT2D eigenvalue weighted by atomic mass is 10.2. The van der Waals surface area contributed by atoms with Crippen molar-refractivity contribution in [3.05, 3.63) is 52.5 Å². The smallest absolute Gasteiger partial charge is 0.255 e. The van der Waals surface area contributed by atoms with Crippen molar-refractivity contribution >= 4 is 27.5 Å². The SMILES string of the molecule is CCOCCOc1ccc(NC(=O)c2ccc(OC)c(Br)c2)cc1. The van der Waals surface area contributed by atoms with Gasteiger partial charge in [0.15, 0.2) is 0 Å². The van der Waals surface area contributed by atoms with Crippen LogP contribution in [0.25, 0.3) is 0 Å². The molecule has 1 amide bonds. The van der Waals surface area contributed by atoms with Crippen molar-refractivity contribution in [2.75, 3.05) is 32.2 Å². The van der Waals surface area contributed by atoms with Gasteiger partial charge >= 0.3 is 0 Å². The van der Waals surface area contributed by atoms with Gasteiger partial charge in [0.25, 0.3) is 5.91 Å². The lowest BCUT2D eigenvalue weighted by Crippen LogP contribution is -2.12. The topological polar surface area (TPSA) is 56.8 Å². The van der Waals surface area contributed by atoms with Gasteiger partial charge < -0.3 is 19.5 Å². The monoisotopic (exact) mass is 393 g/mol. The fourth-order valence-corrected chi connectivity index (χ4v) is 2.55. The van der Waals surface area contributed by atoms with E-state index < -0.39 is 0 Å². The highest BCUT2D eigenvalue weighted by Gasteiger charge is 2.09. The zero-order valence-corrected chi connectivity index (χ0v) is 15.3. The molecule has 1 N–H and O–H groups in total. The van der Waals surface area contributed by atoms with Crippen LogP contribution < -0.4 is 14.8 Å². The quantitative estimate of drug-likeness (QED) is 0.685. The minimum absolute atomic E-state index is 0.191. The number of ether oxygens (including phenoxy) is 3. The highest BCUT2D eigenvalue weighted by molar-refractivity contribution is 9.10. The van der Waals surface area contributed by atoms with Gasteiger partial charge in [-0.2, -0.15) is 0 Å². The van der Waals surface area contributed by atoms with Gasteiger partial charge in [0.05, 0.1) is 18.2 Å². The van der Waals surface area contributed by atoms with E-state index in [-0.39, 0.29) is 5.91 Å². The normalized spacial score (nSPS) is 10.3. The summed E-state index contributed by atoms with van der Waals surface area (Å²) < 4.78 is 16.6. The van der Waals surface area contributed by atoms with E-state index in [0.29, 0.717) is 36.8 Å². The summed E-state index contributed by atoms with van der Waals surface area (Å²) in [4.78, 5) is 12.3. The average molecular weight is 394 g/mol. The first-order valence-electron chi connectivity index (χ1n) is 7.59. The molecule has 0 saturated carbocycles. The molecule has 0 aliphatic rings. The Morgan fingerprint density at radius 3 is 2.50 bits per heavy atom. The molecule has 6 heteroatoms. The minimum Gasteiger partial charge on any atom is -0.496 e. The molecule has 2 aromatic carbocycles. The molecule has 0 fully saturated rings. The first-order valence-corrected chi connectivity index (χ1v) is 8.39. The van der Waals surface area contributed by atoms with E-state index in [1.807, 2.05) is 19.1 Å². The first kappa shape index (κ1) is 18.3. The lowest BCUT2D eigenvalue weighted by molar-refractivity contribution is 0.102. The second-order valence-corrected chi connectivity index (χ2v) is 5.73. The third-order valence-corrected chi connectivity index (χ3v) is 3.85. The number of methoxy groups -OCH3 is 1. The van der Waals surface area contributed by atoms with Gasteiger partial charge in [-0.15, -0.1) is 0 Å². The Balaban J connectivity index is 1.93. The van der Waals surface area contributed by atoms with Gasteiger partial charge in [-0.3, -0.25) is 4.79 Å². The summed E-state index contributed by atoms with van der Waals surface area (Å²) >= 11 is 3.37. The fourth-order valence-electron chi connectivity index (χ4n) is 2.01. The minimum atomic E-state index is -0.191. The third-order valence-electron chi connectivity index (χ3n) is 3.23. The van der Waals surface area contributed by atoms with E-state index in [4.69, 9.17) is 14.2 Å². The third kappa shape index (κ3) is 5.25. The van der Waals surface area contributed by atoms with E-state index in [0.717, 1.165) is 10.2 Å². The van der Waals surface area contributed by atoms with E-state index in [1.54, 1.807) is 37.4 Å². The van der Waals surface area contributed by atoms with Gasteiger partial charge in [-0.05, 0) is 65.3 Å². The summed E-state index contributed by atoms with van der Waals surface area (Å²) in [5.74, 6) is 1.23. The number of halogens is 1. The van der Waals surface area contributed by atoms with Crippen LogP contribution in [0.4, 0.5) is 5.69 Å². The summed E-state index contributed by atoms with van der Waals surface area (Å²) in [6, 6.07) is 12.4. The number of hydrogen-bond donors (Lipinski definition) is 1. The molecule has 0 unspecified atom stereocenters. The van der Waals surface area contributed by atoms with Crippen LogP contribution in [0.3, 0.4) is 0 Å². The van der Waals surface area contributed by atoms with Gasteiger partial charge in [-0.1, -0.05) is 0 Å². The molecular weight excluding hydrogens is 374 g/mol. The molecule has 0 aromatic heterocycles. The average Bonchev–Trinajstić information content (AvgIpc) is 2.60. The van der Waals surface area contributed by atoms with Crippen LogP contribution in [0.2, 0.25) is 0 Å². The van der Waals surface area contributed by atoms with E-state index in [1.165, 1.54) is 0 Å². The second kappa shape index (κ2) is 9.30. The number of carbonyl (C=O) groups is 1. The number of carbonyl (C=O) groups excluding carboxylic acids is 1. The van der Waals surface area contributed by atoms with Gasteiger partial charge in [-0.25, -0.2) is 0 Å². The van der Waals surface area contributed by atoms with Crippen LogP contribution in [0.5, 0.6) is 11.5 Å². The van der Waals surface area contributed by atoms with Crippen LogP contribution >= 0.6 is 15.9 Å². The Kier molecular flexibility index (Phi) is 7.08. The summed E-state index contributed by atoms with van der Waals surface area (Å²) in [6.45, 7) is 3.68. The highest BCUT2D eigenvalue weighted by atomic mass is 79.9. The zero-order chi connectivity index (χ0) is 17.4. The summed E-state index contributed by atoms with van der Waals surface area (Å²) in [6.07, 6.45) is 0. The number of anilines is 1. The number of rotatable bonds is 8. The summed E-state index contributed by atoms with van der Waals surface area (Å²) in [5, 5.41) is 2.85. The van der Waals surface area contributed by atoms with E-state index in [9.17, 15) is 4.79 Å². The predicted octanol–water partition coefficient (Wildman–Crippen LogP) is 4.13. The second-order valence-electron chi connectivity index (χ2n) is 4.87. The van der Waals surface area contributed by atoms with Crippen LogP contribution in [0.15, 0.2) is 46.9 Å². The predicted molar refractivity (Wildman–Crippen MR) is 97.1 cm³/mol. The van der Waals surface area contributed by atoms with Gasteiger partial charge in [0.2, 0.25) is 0 Å². The molecule has 5 nitrogen and oxygen atoms in total. The number of benzene rings is 2. The van der Waals surface area contributed by atoms with Gasteiger partial charge in [0.1, 0.15) is 18.1 Å². The van der Waals surface area contributed by atoms with Crippen molar-refractivity contribution in [3.8, 4) is 11.5 Å². The molecule has 128 valence electrons. The zero-order valence-electron chi connectivity index (χ0n) is 13.7. The largest absolute Gasteiger partial charge is 0.496 e. The van der Waals surface area contributed by atoms with Crippen LogP contribution in [0, 0.1) is 0 Å². The molecule has 0 atom stereocenters. The Bertz CT molecular complexity index is 673. The maximum absolute atomic E-state index is 12.3. The molecule has 0 aliphatic heterocycles. The Morgan fingerprint density at radius 1 is 1.12 bits per heavy atom. The number of hydrogen-bond acceptors (Lipinski definition) is 4. The van der Waals surface area contributed by atoms with Crippen molar-refractivity contribution < 1.29 is 19.0 Å². The Hall–Kier alpha value is -2.05. The van der Waals surface area contributed by atoms with Crippen molar-refractivity contribution in [3.63, 3.8) is 0 Å². The number of nitrogens with one attached hydrogen (secondary N) is 1. The molecule has 0 radical (unpaired) electrons. The van der Waals surface area contributed by atoms with Gasteiger partial charge in [0, 0.05) is 17.9 Å². The molecule has 2 rings (SSSR count). The van der Waals surface area contributed by atoms with Crippen LogP contribution in [-0.2, 0) is 4.74 Å². The summed E-state index contributed by atoms with van der Waals surface area (Å²) in [7, 11) is 1.58. The van der Waals surface area contributed by atoms with Crippen molar-refractivity contribution in [1.82, 2.24) is 0 Å². The number of amides is 1. The van der Waals surface area contributed by atoms with Crippen LogP contribution in [-0.4, -0.2) is 32.8 Å². The lowest BCUT2D eigenvalue weighted by Gasteiger charge is -2.09. The molecule has 0 heterocycles.